The largest absolute Gasteiger partial charge is 0.380 e. The van der Waals surface area contributed by atoms with Crippen LogP contribution in [0.15, 0.2) is 0 Å². The second kappa shape index (κ2) is 7.17. The van der Waals surface area contributed by atoms with Crippen molar-refractivity contribution >= 4 is 0 Å². The number of alkyl halides is 1. The molecule has 0 aromatic rings. The van der Waals surface area contributed by atoms with Crippen LogP contribution in [-0.4, -0.2) is 38.0 Å². The molecule has 98 valence electrons. The third kappa shape index (κ3) is 3.66. The number of rotatable bonds is 4. The van der Waals surface area contributed by atoms with E-state index in [0.717, 1.165) is 0 Å². The second-order valence-electron chi connectivity index (χ2n) is 4.00. The lowest BCUT2D eigenvalue weighted by Gasteiger charge is -2.27. The first-order valence-electron chi connectivity index (χ1n) is 5.93. The minimum absolute atomic E-state index is 0.166. The quantitative estimate of drug-likeness (QED) is 0.636. The average molecular weight is 235 g/mol. The van der Waals surface area contributed by atoms with Gasteiger partial charge in [0, 0.05) is 26.0 Å². The van der Waals surface area contributed by atoms with Crippen LogP contribution in [0.25, 0.3) is 0 Å². The molecule has 1 rings (SSSR count). The molecule has 16 heavy (non-hydrogen) atoms. The number of hydrogen-bond donors (Lipinski definition) is 3. The standard InChI is InChI=1S/C9H20FN3O.C2H6/c1-6(13-12-2)9(10)4-7(11)8(5-9)14-3;1-2/h6-8,12-13H,4-5,11H2,1-3H3;1-2H3. The van der Waals surface area contributed by atoms with E-state index in [1.165, 1.54) is 0 Å². The van der Waals surface area contributed by atoms with Gasteiger partial charge in [-0.15, -0.1) is 0 Å². The number of halogens is 1. The summed E-state index contributed by atoms with van der Waals surface area (Å²) in [6.45, 7) is 5.81. The van der Waals surface area contributed by atoms with Crippen molar-refractivity contribution in [1.29, 1.82) is 0 Å². The summed E-state index contributed by atoms with van der Waals surface area (Å²) in [4.78, 5) is 0. The van der Waals surface area contributed by atoms with Crippen molar-refractivity contribution in [2.45, 2.75) is 57.5 Å². The number of hydrogen-bond acceptors (Lipinski definition) is 4. The highest BCUT2D eigenvalue weighted by atomic mass is 19.1. The highest BCUT2D eigenvalue weighted by molar-refractivity contribution is 5.02. The smallest absolute Gasteiger partial charge is 0.131 e. The van der Waals surface area contributed by atoms with E-state index >= 15 is 0 Å². The molecule has 0 heterocycles. The minimum atomic E-state index is -1.27. The fourth-order valence-electron chi connectivity index (χ4n) is 2.05. The van der Waals surface area contributed by atoms with Crippen LogP contribution in [0.1, 0.15) is 33.6 Å². The van der Waals surface area contributed by atoms with Gasteiger partial charge in [-0.2, -0.15) is 0 Å². The zero-order valence-corrected chi connectivity index (χ0v) is 11.0. The van der Waals surface area contributed by atoms with E-state index in [1.54, 1.807) is 21.1 Å². The van der Waals surface area contributed by atoms with Crippen LogP contribution >= 0.6 is 0 Å². The Bertz CT molecular complexity index is 194. The molecule has 1 saturated carbocycles. The molecule has 0 radical (unpaired) electrons. The second-order valence-corrected chi connectivity index (χ2v) is 4.00. The summed E-state index contributed by atoms with van der Waals surface area (Å²) >= 11 is 0. The highest BCUT2D eigenvalue weighted by Crippen LogP contribution is 2.36. The molecule has 0 saturated heterocycles. The lowest BCUT2D eigenvalue weighted by atomic mass is 9.96. The number of methoxy groups -OCH3 is 1. The maximum atomic E-state index is 14.3. The molecule has 4 N–H and O–H groups in total. The normalized spacial score (nSPS) is 35.4. The molecule has 4 unspecified atom stereocenters. The fraction of sp³-hybridized carbons (Fsp3) is 1.00. The average Bonchev–Trinajstić information content (AvgIpc) is 2.58. The van der Waals surface area contributed by atoms with Crippen LogP contribution in [0.3, 0.4) is 0 Å². The monoisotopic (exact) mass is 235 g/mol. The summed E-state index contributed by atoms with van der Waals surface area (Å²) in [6.07, 6.45) is 0.545. The molecular weight excluding hydrogens is 209 g/mol. The predicted octanol–water partition coefficient (Wildman–Crippen LogP) is 0.970. The molecule has 4 nitrogen and oxygen atoms in total. The van der Waals surface area contributed by atoms with Crippen LogP contribution < -0.4 is 16.6 Å². The van der Waals surface area contributed by atoms with Gasteiger partial charge >= 0.3 is 0 Å². The summed E-state index contributed by atoms with van der Waals surface area (Å²) in [6, 6.07) is -0.468. The maximum absolute atomic E-state index is 14.3. The van der Waals surface area contributed by atoms with Gasteiger partial charge in [-0.05, 0) is 14.0 Å². The van der Waals surface area contributed by atoms with Crippen molar-refractivity contribution < 1.29 is 9.13 Å². The van der Waals surface area contributed by atoms with E-state index in [1.807, 2.05) is 13.8 Å². The topological polar surface area (TPSA) is 59.3 Å². The first-order chi connectivity index (χ1) is 7.53. The molecule has 5 heteroatoms. The summed E-state index contributed by atoms with van der Waals surface area (Å²) in [5, 5.41) is 0. The molecule has 4 atom stereocenters. The lowest BCUT2D eigenvalue weighted by Crippen LogP contribution is -2.49. The van der Waals surface area contributed by atoms with Gasteiger partial charge in [0.2, 0.25) is 0 Å². The number of nitrogens with two attached hydrogens (primary N) is 1. The van der Waals surface area contributed by atoms with E-state index in [0.29, 0.717) is 12.8 Å². The van der Waals surface area contributed by atoms with Crippen molar-refractivity contribution in [2.24, 2.45) is 5.73 Å². The van der Waals surface area contributed by atoms with Gasteiger partial charge in [0.25, 0.3) is 0 Å². The Morgan fingerprint density at radius 2 is 2.00 bits per heavy atom. The molecule has 0 bridgehead atoms. The van der Waals surface area contributed by atoms with Gasteiger partial charge in [-0.1, -0.05) is 13.8 Å². The summed E-state index contributed by atoms with van der Waals surface area (Å²) < 4.78 is 19.5. The molecule has 0 spiro atoms. The Hall–Kier alpha value is -0.230. The van der Waals surface area contributed by atoms with Crippen molar-refractivity contribution in [1.82, 2.24) is 10.9 Å². The van der Waals surface area contributed by atoms with E-state index in [4.69, 9.17) is 10.5 Å². The molecular formula is C11H26FN3O. The molecule has 0 aromatic heterocycles. The molecule has 0 aliphatic heterocycles. The first-order valence-corrected chi connectivity index (χ1v) is 5.93. The lowest BCUT2D eigenvalue weighted by molar-refractivity contribution is 0.0608. The van der Waals surface area contributed by atoms with Gasteiger partial charge in [0.15, 0.2) is 0 Å². The zero-order chi connectivity index (χ0) is 12.8. The molecule has 0 aromatic carbocycles. The Labute approximate surface area is 98.1 Å². The molecule has 1 aliphatic carbocycles. The summed E-state index contributed by atoms with van der Waals surface area (Å²) in [5.41, 5.74) is 10.1. The summed E-state index contributed by atoms with van der Waals surface area (Å²) in [7, 11) is 3.30. The van der Waals surface area contributed by atoms with Gasteiger partial charge in [0.1, 0.15) is 5.67 Å². The predicted molar refractivity (Wildman–Crippen MR) is 64.9 cm³/mol. The minimum Gasteiger partial charge on any atom is -0.380 e. The third-order valence-corrected chi connectivity index (χ3v) is 3.03. The number of ether oxygens (including phenoxy) is 1. The van der Waals surface area contributed by atoms with Crippen LogP contribution in [0.4, 0.5) is 4.39 Å². The van der Waals surface area contributed by atoms with E-state index in [2.05, 4.69) is 10.9 Å². The SMILES string of the molecule is CC.CNNC(C)C1(F)CC(N)C(OC)C1. The van der Waals surface area contributed by atoms with Crippen LogP contribution in [0.5, 0.6) is 0 Å². The summed E-state index contributed by atoms with van der Waals surface area (Å²) in [5.74, 6) is 0. The van der Waals surface area contributed by atoms with Gasteiger partial charge < -0.3 is 10.5 Å². The zero-order valence-electron chi connectivity index (χ0n) is 11.0. The van der Waals surface area contributed by atoms with Crippen LogP contribution in [0.2, 0.25) is 0 Å². The van der Waals surface area contributed by atoms with Crippen molar-refractivity contribution in [3.8, 4) is 0 Å². The number of hydrazine groups is 1. The Balaban J connectivity index is 0.00000106. The number of nitrogens with one attached hydrogen (secondary N) is 2. The van der Waals surface area contributed by atoms with E-state index < -0.39 is 5.67 Å². The highest BCUT2D eigenvalue weighted by Gasteiger charge is 2.48. The van der Waals surface area contributed by atoms with Crippen molar-refractivity contribution in [3.63, 3.8) is 0 Å². The molecule has 1 fully saturated rings. The van der Waals surface area contributed by atoms with Crippen LogP contribution in [0, 0.1) is 0 Å². The van der Waals surface area contributed by atoms with Crippen molar-refractivity contribution in [2.75, 3.05) is 14.2 Å². The molecule has 0 amide bonds. The Kier molecular flexibility index (Phi) is 7.06. The molecule has 1 aliphatic rings. The van der Waals surface area contributed by atoms with E-state index in [9.17, 15) is 4.39 Å². The van der Waals surface area contributed by atoms with Crippen LogP contribution in [-0.2, 0) is 4.74 Å². The van der Waals surface area contributed by atoms with Crippen molar-refractivity contribution in [3.05, 3.63) is 0 Å². The Morgan fingerprint density at radius 1 is 1.44 bits per heavy atom. The third-order valence-electron chi connectivity index (χ3n) is 3.03. The van der Waals surface area contributed by atoms with E-state index in [-0.39, 0.29) is 18.2 Å². The fourth-order valence-corrected chi connectivity index (χ4v) is 2.05. The van der Waals surface area contributed by atoms with Gasteiger partial charge in [0.05, 0.1) is 12.1 Å². The Morgan fingerprint density at radius 3 is 2.38 bits per heavy atom. The first kappa shape index (κ1) is 15.8. The van der Waals surface area contributed by atoms with Gasteiger partial charge in [-0.3, -0.25) is 10.9 Å². The maximum Gasteiger partial charge on any atom is 0.131 e. The van der Waals surface area contributed by atoms with Gasteiger partial charge in [-0.25, -0.2) is 4.39 Å².